The largest absolute Gasteiger partial charge is 0.618 e. The second-order valence-electron chi connectivity index (χ2n) is 3.71. The Morgan fingerprint density at radius 3 is 2.85 bits per heavy atom. The quantitative estimate of drug-likeness (QED) is 0.542. The summed E-state index contributed by atoms with van der Waals surface area (Å²) in [7, 11) is 0. The van der Waals surface area contributed by atoms with E-state index in [1.807, 2.05) is 13.0 Å². The van der Waals surface area contributed by atoms with E-state index in [1.54, 1.807) is 6.20 Å². The molecule has 13 heavy (non-hydrogen) atoms. The average Bonchev–Trinajstić information content (AvgIpc) is 2.91. The molecule has 70 valence electrons. The van der Waals surface area contributed by atoms with Crippen LogP contribution in [0.15, 0.2) is 12.3 Å². The molecule has 3 nitrogen and oxygen atoms in total. The van der Waals surface area contributed by atoms with Crippen LogP contribution in [0.1, 0.15) is 35.6 Å². The zero-order chi connectivity index (χ0) is 9.42. The lowest BCUT2D eigenvalue weighted by molar-refractivity contribution is -0.614. The number of hydrogen-bond donors (Lipinski definition) is 1. The van der Waals surface area contributed by atoms with Crippen LogP contribution in [0.2, 0.25) is 0 Å². The van der Waals surface area contributed by atoms with Crippen LogP contribution in [0.5, 0.6) is 0 Å². The van der Waals surface area contributed by atoms with Crippen molar-refractivity contribution < 1.29 is 4.73 Å². The first-order valence-corrected chi connectivity index (χ1v) is 4.65. The zero-order valence-electron chi connectivity index (χ0n) is 7.79. The summed E-state index contributed by atoms with van der Waals surface area (Å²) in [5, 5.41) is 11.5. The van der Waals surface area contributed by atoms with Crippen molar-refractivity contribution in [2.24, 2.45) is 5.73 Å². The smallest absolute Gasteiger partial charge is 0.196 e. The second kappa shape index (κ2) is 3.00. The van der Waals surface area contributed by atoms with Gasteiger partial charge in [0, 0.05) is 24.1 Å². The Morgan fingerprint density at radius 1 is 1.62 bits per heavy atom. The molecule has 1 fully saturated rings. The highest BCUT2D eigenvalue weighted by atomic mass is 16.5. The van der Waals surface area contributed by atoms with Crippen molar-refractivity contribution in [3.63, 3.8) is 0 Å². The lowest BCUT2D eigenvalue weighted by atomic mass is 10.1. The van der Waals surface area contributed by atoms with E-state index >= 15 is 0 Å². The van der Waals surface area contributed by atoms with Gasteiger partial charge in [0.15, 0.2) is 11.9 Å². The second-order valence-corrected chi connectivity index (χ2v) is 3.71. The number of pyridine rings is 1. The van der Waals surface area contributed by atoms with E-state index in [2.05, 4.69) is 0 Å². The molecule has 0 bridgehead atoms. The predicted octanol–water partition coefficient (Wildman–Crippen LogP) is 0.965. The fourth-order valence-corrected chi connectivity index (χ4v) is 1.59. The molecule has 0 amide bonds. The molecule has 1 aliphatic rings. The number of nitrogens with zero attached hydrogens (tertiary/aromatic N) is 1. The van der Waals surface area contributed by atoms with Crippen molar-refractivity contribution in [1.82, 2.24) is 0 Å². The Labute approximate surface area is 77.8 Å². The average molecular weight is 178 g/mol. The van der Waals surface area contributed by atoms with Crippen LogP contribution >= 0.6 is 0 Å². The van der Waals surface area contributed by atoms with Crippen LogP contribution in [-0.2, 0) is 6.54 Å². The summed E-state index contributed by atoms with van der Waals surface area (Å²) >= 11 is 0. The van der Waals surface area contributed by atoms with Crippen molar-refractivity contribution in [3.8, 4) is 0 Å². The monoisotopic (exact) mass is 178 g/mol. The molecule has 2 rings (SSSR count). The molecule has 2 N–H and O–H groups in total. The summed E-state index contributed by atoms with van der Waals surface area (Å²) in [5.41, 5.74) is 8.50. The molecule has 0 atom stereocenters. The molecule has 0 radical (unpaired) electrons. The summed E-state index contributed by atoms with van der Waals surface area (Å²) in [6.45, 7) is 2.45. The van der Waals surface area contributed by atoms with E-state index in [0.717, 1.165) is 34.4 Å². The highest BCUT2D eigenvalue weighted by Gasteiger charge is 2.31. The maximum absolute atomic E-state index is 11.5. The maximum atomic E-state index is 11.5. The standard InChI is InChI=1S/C10H14N2O/c1-7-4-10(8-2-3-8)12(13)6-9(7)5-11/h4,6,8H,2-3,5,11H2,1H3. The topological polar surface area (TPSA) is 53.0 Å². The summed E-state index contributed by atoms with van der Waals surface area (Å²) < 4.78 is 0.979. The molecule has 3 heteroatoms. The molecule has 0 saturated heterocycles. The highest BCUT2D eigenvalue weighted by molar-refractivity contribution is 5.25. The molecule has 1 aliphatic carbocycles. The van der Waals surface area contributed by atoms with Gasteiger partial charge in [-0.15, -0.1) is 0 Å². The number of aryl methyl sites for hydroxylation is 1. The van der Waals surface area contributed by atoms with Gasteiger partial charge in [0.25, 0.3) is 0 Å². The molecule has 1 heterocycles. The predicted molar refractivity (Wildman–Crippen MR) is 50.0 cm³/mol. The van der Waals surface area contributed by atoms with Crippen LogP contribution in [-0.4, -0.2) is 0 Å². The Hall–Kier alpha value is -1.09. The molecule has 0 aliphatic heterocycles. The van der Waals surface area contributed by atoms with Gasteiger partial charge in [-0.2, -0.15) is 4.73 Å². The fraction of sp³-hybridized carbons (Fsp3) is 0.500. The van der Waals surface area contributed by atoms with Crippen molar-refractivity contribution in [2.75, 3.05) is 0 Å². The lowest BCUT2D eigenvalue weighted by Gasteiger charge is -2.07. The Bertz CT molecular complexity index is 332. The number of aromatic nitrogens is 1. The summed E-state index contributed by atoms with van der Waals surface area (Å²) in [4.78, 5) is 0. The maximum Gasteiger partial charge on any atom is 0.196 e. The third kappa shape index (κ3) is 1.52. The van der Waals surface area contributed by atoms with Crippen molar-refractivity contribution >= 4 is 0 Å². The van der Waals surface area contributed by atoms with E-state index < -0.39 is 0 Å². The Kier molecular flexibility index (Phi) is 1.96. The van der Waals surface area contributed by atoms with Gasteiger partial charge in [-0.25, -0.2) is 0 Å². The Balaban J connectivity index is 2.42. The third-order valence-electron chi connectivity index (χ3n) is 2.61. The molecule has 0 unspecified atom stereocenters. The van der Waals surface area contributed by atoms with Gasteiger partial charge >= 0.3 is 0 Å². The van der Waals surface area contributed by atoms with Crippen LogP contribution in [0.4, 0.5) is 0 Å². The first-order chi connectivity index (χ1) is 6.22. The number of nitrogens with two attached hydrogens (primary N) is 1. The zero-order valence-corrected chi connectivity index (χ0v) is 7.79. The minimum Gasteiger partial charge on any atom is -0.618 e. The fourth-order valence-electron chi connectivity index (χ4n) is 1.59. The van der Waals surface area contributed by atoms with Gasteiger partial charge in [-0.1, -0.05) is 0 Å². The first kappa shape index (κ1) is 8.51. The van der Waals surface area contributed by atoms with E-state index in [0.29, 0.717) is 12.5 Å². The van der Waals surface area contributed by atoms with Crippen molar-refractivity contribution in [2.45, 2.75) is 32.2 Å². The van der Waals surface area contributed by atoms with Gasteiger partial charge in [0.1, 0.15) is 0 Å². The molecule has 1 saturated carbocycles. The van der Waals surface area contributed by atoms with E-state index in [1.165, 1.54) is 0 Å². The Morgan fingerprint density at radius 2 is 2.31 bits per heavy atom. The number of hydrogen-bond acceptors (Lipinski definition) is 2. The van der Waals surface area contributed by atoms with Crippen molar-refractivity contribution in [3.05, 3.63) is 34.3 Å². The van der Waals surface area contributed by atoms with Crippen LogP contribution in [0, 0.1) is 12.1 Å². The van der Waals surface area contributed by atoms with Crippen LogP contribution < -0.4 is 10.5 Å². The molecule has 0 spiro atoms. The molecule has 1 aromatic rings. The van der Waals surface area contributed by atoms with Crippen LogP contribution in [0.25, 0.3) is 0 Å². The third-order valence-corrected chi connectivity index (χ3v) is 2.61. The summed E-state index contributed by atoms with van der Waals surface area (Å²) in [6, 6.07) is 1.98. The number of rotatable bonds is 2. The van der Waals surface area contributed by atoms with Gasteiger partial charge in [0.2, 0.25) is 0 Å². The van der Waals surface area contributed by atoms with Gasteiger partial charge in [-0.05, 0) is 25.3 Å². The normalized spacial score (nSPS) is 16.2. The molecular weight excluding hydrogens is 164 g/mol. The summed E-state index contributed by atoms with van der Waals surface area (Å²) in [6.07, 6.45) is 3.93. The van der Waals surface area contributed by atoms with E-state index in [-0.39, 0.29) is 0 Å². The SMILES string of the molecule is Cc1cc(C2CC2)[n+]([O-])cc1CN. The van der Waals surface area contributed by atoms with Gasteiger partial charge in [-0.3, -0.25) is 0 Å². The van der Waals surface area contributed by atoms with Crippen LogP contribution in [0.3, 0.4) is 0 Å². The molecule has 1 aromatic heterocycles. The molecule has 0 aromatic carbocycles. The highest BCUT2D eigenvalue weighted by Crippen LogP contribution is 2.38. The van der Waals surface area contributed by atoms with Gasteiger partial charge < -0.3 is 10.9 Å². The molecular formula is C10H14N2O. The van der Waals surface area contributed by atoms with E-state index in [4.69, 9.17) is 5.73 Å². The van der Waals surface area contributed by atoms with E-state index in [9.17, 15) is 5.21 Å². The first-order valence-electron chi connectivity index (χ1n) is 4.65. The minimum absolute atomic E-state index is 0.443. The van der Waals surface area contributed by atoms with Gasteiger partial charge in [0.05, 0.1) is 0 Å². The minimum atomic E-state index is 0.443. The lowest BCUT2D eigenvalue weighted by Crippen LogP contribution is -2.32. The summed E-state index contributed by atoms with van der Waals surface area (Å²) in [5.74, 6) is 0.503. The van der Waals surface area contributed by atoms with Crippen molar-refractivity contribution in [1.29, 1.82) is 0 Å².